The van der Waals surface area contributed by atoms with Crippen LogP contribution in [0.3, 0.4) is 0 Å². The molecule has 0 amide bonds. The van der Waals surface area contributed by atoms with Gasteiger partial charge in [0.15, 0.2) is 5.78 Å². The Balaban J connectivity index is 2.18. The maximum Gasteiger partial charge on any atom is 0.417 e. The lowest BCUT2D eigenvalue weighted by atomic mass is 10.0. The molecule has 1 heterocycles. The third-order valence-corrected chi connectivity index (χ3v) is 2.82. The van der Waals surface area contributed by atoms with Crippen LogP contribution in [0.5, 0.6) is 0 Å². The number of carbonyl (C=O) groups excluding carboxylic acids is 1. The van der Waals surface area contributed by atoms with Crippen LogP contribution in [0.25, 0.3) is 0 Å². The van der Waals surface area contributed by atoms with E-state index in [4.69, 9.17) is 0 Å². The average molecular weight is 270 g/mol. The lowest BCUT2D eigenvalue weighted by molar-refractivity contribution is -0.137. The number of ketones is 1. The third kappa shape index (κ3) is 3.07. The van der Waals surface area contributed by atoms with E-state index in [-0.39, 0.29) is 12.1 Å². The molecule has 3 nitrogen and oxygen atoms in total. The number of alkyl halides is 3. The fourth-order valence-corrected chi connectivity index (χ4v) is 1.93. The second-order valence-electron chi connectivity index (χ2n) is 4.41. The Morgan fingerprint density at radius 1 is 1.26 bits per heavy atom. The first-order valence-electron chi connectivity index (χ1n) is 5.70. The van der Waals surface area contributed by atoms with E-state index in [2.05, 4.69) is 0 Å². The van der Waals surface area contributed by atoms with Crippen molar-refractivity contribution >= 4 is 5.78 Å². The molecule has 0 aromatic heterocycles. The molecule has 0 unspecified atom stereocenters. The predicted octanol–water partition coefficient (Wildman–Crippen LogP) is 2.56. The second kappa shape index (κ2) is 4.95. The summed E-state index contributed by atoms with van der Waals surface area (Å²) in [6, 6.07) is 4.87. The van der Waals surface area contributed by atoms with E-state index in [0.717, 1.165) is 6.07 Å². The highest BCUT2D eigenvalue weighted by Gasteiger charge is 2.34. The van der Waals surface area contributed by atoms with Gasteiger partial charge in [-0.3, -0.25) is 4.79 Å². The Kier molecular flexibility index (Phi) is 3.50. The van der Waals surface area contributed by atoms with Crippen molar-refractivity contribution in [3.05, 3.63) is 47.8 Å². The molecule has 1 aromatic rings. The molecule has 1 aliphatic heterocycles. The number of benzene rings is 1. The molecular weight excluding hydrogens is 257 g/mol. The minimum absolute atomic E-state index is 0.0616. The number of Topliss-reactive ketones (excluding diaryl/α,β-unsaturated/α-hetero) is 1. The smallest absolute Gasteiger partial charge is 0.362 e. The summed E-state index contributed by atoms with van der Waals surface area (Å²) in [5.74, 6) is -0.534. The van der Waals surface area contributed by atoms with Gasteiger partial charge in [-0.25, -0.2) is 0 Å². The molecule has 19 heavy (non-hydrogen) atoms. The minimum Gasteiger partial charge on any atom is -0.362 e. The molecule has 0 saturated carbocycles. The molecule has 0 bridgehead atoms. The van der Waals surface area contributed by atoms with Gasteiger partial charge in [-0.15, -0.1) is 0 Å². The molecular formula is C13H13F3N2O. The standard InChI is InChI=1S/C13H13F3N2O/c1-17-6-7-18(9-17)8-12(19)10-4-2-3-5-11(10)13(14,15)16/h2-7H,8-9H2,1H3. The van der Waals surface area contributed by atoms with Crippen LogP contribution in [0.1, 0.15) is 15.9 Å². The molecule has 1 aromatic carbocycles. The lowest BCUT2D eigenvalue weighted by Crippen LogP contribution is -2.29. The van der Waals surface area contributed by atoms with Gasteiger partial charge in [0.25, 0.3) is 0 Å². The van der Waals surface area contributed by atoms with Crippen molar-refractivity contribution in [3.8, 4) is 0 Å². The van der Waals surface area contributed by atoms with Gasteiger partial charge in [0.1, 0.15) is 0 Å². The maximum atomic E-state index is 12.8. The number of carbonyl (C=O) groups is 1. The second-order valence-corrected chi connectivity index (χ2v) is 4.41. The monoisotopic (exact) mass is 270 g/mol. The average Bonchev–Trinajstić information content (AvgIpc) is 2.73. The van der Waals surface area contributed by atoms with Crippen LogP contribution in [0, 0.1) is 0 Å². The van der Waals surface area contributed by atoms with Crippen molar-refractivity contribution in [2.75, 3.05) is 20.3 Å². The number of hydrogen-bond donors (Lipinski definition) is 0. The molecule has 2 rings (SSSR count). The minimum atomic E-state index is -4.51. The Morgan fingerprint density at radius 3 is 2.53 bits per heavy atom. The zero-order chi connectivity index (χ0) is 14.0. The van der Waals surface area contributed by atoms with E-state index in [0.29, 0.717) is 6.67 Å². The van der Waals surface area contributed by atoms with Crippen LogP contribution < -0.4 is 0 Å². The van der Waals surface area contributed by atoms with Gasteiger partial charge in [-0.1, -0.05) is 18.2 Å². The summed E-state index contributed by atoms with van der Waals surface area (Å²) in [7, 11) is 1.82. The summed E-state index contributed by atoms with van der Waals surface area (Å²) < 4.78 is 38.4. The quantitative estimate of drug-likeness (QED) is 0.789. The number of nitrogens with zero attached hydrogens (tertiary/aromatic N) is 2. The van der Waals surface area contributed by atoms with Crippen LogP contribution in [0.4, 0.5) is 13.2 Å². The first kappa shape index (κ1) is 13.5. The molecule has 0 N–H and O–H groups in total. The summed E-state index contributed by atoms with van der Waals surface area (Å²) in [5, 5.41) is 0. The first-order valence-corrected chi connectivity index (χ1v) is 5.70. The van der Waals surface area contributed by atoms with E-state index in [1.807, 2.05) is 11.9 Å². The Morgan fingerprint density at radius 2 is 1.95 bits per heavy atom. The SMILES string of the molecule is CN1C=CN(CC(=O)c2ccccc2C(F)(F)F)C1. The Hall–Kier alpha value is -1.98. The normalized spacial score (nSPS) is 15.2. The van der Waals surface area contributed by atoms with Gasteiger partial charge in [0, 0.05) is 25.0 Å². The molecule has 0 atom stereocenters. The van der Waals surface area contributed by atoms with Gasteiger partial charge < -0.3 is 9.80 Å². The van der Waals surface area contributed by atoms with Gasteiger partial charge in [0.05, 0.1) is 18.8 Å². The van der Waals surface area contributed by atoms with Crippen molar-refractivity contribution in [2.24, 2.45) is 0 Å². The van der Waals surface area contributed by atoms with Crippen molar-refractivity contribution in [1.82, 2.24) is 9.80 Å². The maximum absolute atomic E-state index is 12.8. The Bertz CT molecular complexity index is 511. The summed E-state index contributed by atoms with van der Waals surface area (Å²) >= 11 is 0. The molecule has 0 fully saturated rings. The molecule has 0 radical (unpaired) electrons. The Labute approximate surface area is 108 Å². The van der Waals surface area contributed by atoms with Crippen LogP contribution in [-0.4, -0.2) is 35.8 Å². The highest BCUT2D eigenvalue weighted by atomic mass is 19.4. The number of hydrogen-bond acceptors (Lipinski definition) is 3. The zero-order valence-corrected chi connectivity index (χ0v) is 10.3. The molecule has 0 saturated heterocycles. The van der Waals surface area contributed by atoms with Crippen molar-refractivity contribution < 1.29 is 18.0 Å². The highest BCUT2D eigenvalue weighted by Crippen LogP contribution is 2.32. The predicted molar refractivity (Wildman–Crippen MR) is 64.3 cm³/mol. The van der Waals surface area contributed by atoms with E-state index >= 15 is 0 Å². The third-order valence-electron chi connectivity index (χ3n) is 2.82. The number of halogens is 3. The van der Waals surface area contributed by atoms with Crippen molar-refractivity contribution in [3.63, 3.8) is 0 Å². The van der Waals surface area contributed by atoms with Crippen molar-refractivity contribution in [2.45, 2.75) is 6.18 Å². The van der Waals surface area contributed by atoms with Crippen LogP contribution in [-0.2, 0) is 6.18 Å². The highest BCUT2D eigenvalue weighted by molar-refractivity contribution is 5.99. The van der Waals surface area contributed by atoms with E-state index in [1.54, 1.807) is 17.3 Å². The topological polar surface area (TPSA) is 23.6 Å². The lowest BCUT2D eigenvalue weighted by Gasteiger charge is -2.18. The molecule has 6 heteroatoms. The summed E-state index contributed by atoms with van der Waals surface area (Å²) in [5.41, 5.74) is -1.16. The van der Waals surface area contributed by atoms with Gasteiger partial charge in [-0.05, 0) is 6.07 Å². The fraction of sp³-hybridized carbons (Fsp3) is 0.308. The van der Waals surface area contributed by atoms with Crippen LogP contribution in [0.2, 0.25) is 0 Å². The van der Waals surface area contributed by atoms with Crippen LogP contribution >= 0.6 is 0 Å². The first-order chi connectivity index (χ1) is 8.88. The van der Waals surface area contributed by atoms with Gasteiger partial charge in [0.2, 0.25) is 0 Å². The fourth-order valence-electron chi connectivity index (χ4n) is 1.93. The molecule has 1 aliphatic rings. The molecule has 102 valence electrons. The van der Waals surface area contributed by atoms with Gasteiger partial charge in [-0.2, -0.15) is 13.2 Å². The van der Waals surface area contributed by atoms with Crippen molar-refractivity contribution in [1.29, 1.82) is 0 Å². The summed E-state index contributed by atoms with van der Waals surface area (Å²) in [4.78, 5) is 15.5. The van der Waals surface area contributed by atoms with Crippen LogP contribution in [0.15, 0.2) is 36.7 Å². The molecule has 0 aliphatic carbocycles. The van der Waals surface area contributed by atoms with E-state index in [9.17, 15) is 18.0 Å². The van der Waals surface area contributed by atoms with Gasteiger partial charge >= 0.3 is 6.18 Å². The van der Waals surface area contributed by atoms with E-state index < -0.39 is 17.5 Å². The zero-order valence-electron chi connectivity index (χ0n) is 10.3. The summed E-state index contributed by atoms with van der Waals surface area (Å²) in [6.45, 7) is 0.438. The summed E-state index contributed by atoms with van der Waals surface area (Å²) in [6.07, 6.45) is -1.05. The molecule has 0 spiro atoms. The number of rotatable bonds is 3. The van der Waals surface area contributed by atoms with E-state index in [1.165, 1.54) is 18.2 Å². The largest absolute Gasteiger partial charge is 0.417 e.